The summed E-state index contributed by atoms with van der Waals surface area (Å²) in [6.45, 7) is 7.74. The molecule has 118 valence electrons. The molecule has 2 aromatic rings. The molecule has 6 nitrogen and oxygen atoms in total. The van der Waals surface area contributed by atoms with Crippen molar-refractivity contribution >= 4 is 22.7 Å². The maximum absolute atomic E-state index is 6.01. The number of hydrogen-bond acceptors (Lipinski definition) is 6. The Balaban J connectivity index is 1.68. The van der Waals surface area contributed by atoms with Gasteiger partial charge in [0.1, 0.15) is 5.82 Å². The Morgan fingerprint density at radius 1 is 1.41 bits per heavy atom. The van der Waals surface area contributed by atoms with Crippen molar-refractivity contribution in [2.75, 3.05) is 37.4 Å². The Morgan fingerprint density at radius 3 is 3.05 bits per heavy atom. The second kappa shape index (κ2) is 6.46. The monoisotopic (exact) mass is 301 g/mol. The van der Waals surface area contributed by atoms with E-state index in [0.717, 1.165) is 37.2 Å². The number of hydrogen-bond donors (Lipinski definition) is 2. The third-order valence-electron chi connectivity index (χ3n) is 4.17. The first kappa shape index (κ1) is 15.0. The molecule has 0 amide bonds. The lowest BCUT2D eigenvalue weighted by Gasteiger charge is -2.37. The number of aromatic nitrogens is 2. The van der Waals surface area contributed by atoms with E-state index in [1.54, 1.807) is 0 Å². The number of rotatable bonds is 4. The largest absolute Gasteiger partial charge is 0.383 e. The molecule has 3 rings (SSSR count). The number of nitrogens with zero attached hydrogens (tertiary/aromatic N) is 3. The van der Waals surface area contributed by atoms with E-state index in [4.69, 9.17) is 10.5 Å². The molecule has 1 aliphatic rings. The van der Waals surface area contributed by atoms with Crippen LogP contribution in [0.25, 0.3) is 10.9 Å². The van der Waals surface area contributed by atoms with Gasteiger partial charge in [-0.2, -0.15) is 4.98 Å². The smallest absolute Gasteiger partial charge is 0.225 e. The number of nitrogen functional groups attached to an aromatic ring is 1. The van der Waals surface area contributed by atoms with Crippen LogP contribution < -0.4 is 11.1 Å². The fourth-order valence-corrected chi connectivity index (χ4v) is 2.93. The summed E-state index contributed by atoms with van der Waals surface area (Å²) in [6, 6.07) is 8.61. The molecule has 3 N–H and O–H groups in total. The van der Waals surface area contributed by atoms with Crippen LogP contribution in [0.5, 0.6) is 0 Å². The van der Waals surface area contributed by atoms with Crippen LogP contribution in [0.15, 0.2) is 24.3 Å². The van der Waals surface area contributed by atoms with Gasteiger partial charge in [0.05, 0.1) is 18.7 Å². The summed E-state index contributed by atoms with van der Waals surface area (Å²) in [4.78, 5) is 11.3. The lowest BCUT2D eigenvalue weighted by Crippen LogP contribution is -2.50. The van der Waals surface area contributed by atoms with Gasteiger partial charge >= 0.3 is 0 Å². The highest BCUT2D eigenvalue weighted by Crippen LogP contribution is 2.19. The van der Waals surface area contributed by atoms with E-state index in [2.05, 4.69) is 34.0 Å². The number of benzene rings is 1. The molecule has 0 bridgehead atoms. The molecule has 1 aliphatic heterocycles. The second-order valence-corrected chi connectivity index (χ2v) is 5.84. The summed E-state index contributed by atoms with van der Waals surface area (Å²) in [7, 11) is 0. The van der Waals surface area contributed by atoms with Gasteiger partial charge in [-0.05, 0) is 26.0 Å². The third kappa shape index (κ3) is 3.13. The standard InChI is InChI=1S/C16H23N5O/c1-11(21-7-8-22-10-12(21)2)9-18-16-19-14-6-4-3-5-13(14)15(17)20-16/h3-6,11-12H,7-10H2,1-2H3,(H3,17,18,19,20)/t11-,12-/m0/s1. The molecular formula is C16H23N5O. The van der Waals surface area contributed by atoms with Crippen molar-refractivity contribution in [2.45, 2.75) is 25.9 Å². The number of nitrogens with one attached hydrogen (secondary N) is 1. The first-order valence-corrected chi connectivity index (χ1v) is 7.75. The Bertz CT molecular complexity index is 647. The zero-order valence-electron chi connectivity index (χ0n) is 13.1. The number of ether oxygens (including phenoxy) is 1. The van der Waals surface area contributed by atoms with Crippen molar-refractivity contribution in [3.8, 4) is 0 Å². The van der Waals surface area contributed by atoms with E-state index in [9.17, 15) is 0 Å². The van der Waals surface area contributed by atoms with Gasteiger partial charge in [0.25, 0.3) is 0 Å². The molecule has 1 fully saturated rings. The van der Waals surface area contributed by atoms with Crippen LogP contribution in [0.3, 0.4) is 0 Å². The summed E-state index contributed by atoms with van der Waals surface area (Å²) in [5.74, 6) is 1.10. The van der Waals surface area contributed by atoms with E-state index in [1.807, 2.05) is 24.3 Å². The van der Waals surface area contributed by atoms with E-state index >= 15 is 0 Å². The van der Waals surface area contributed by atoms with Gasteiger partial charge in [-0.25, -0.2) is 4.98 Å². The first-order chi connectivity index (χ1) is 10.6. The molecular weight excluding hydrogens is 278 g/mol. The molecule has 1 saturated heterocycles. The number of fused-ring (bicyclic) bond motifs is 1. The van der Waals surface area contributed by atoms with Gasteiger partial charge in [0.2, 0.25) is 5.95 Å². The van der Waals surface area contributed by atoms with Crippen LogP contribution in [0.2, 0.25) is 0 Å². The molecule has 6 heteroatoms. The summed E-state index contributed by atoms with van der Waals surface area (Å²) in [5, 5.41) is 4.20. The van der Waals surface area contributed by atoms with Crippen molar-refractivity contribution in [3.63, 3.8) is 0 Å². The molecule has 22 heavy (non-hydrogen) atoms. The van der Waals surface area contributed by atoms with Crippen LogP contribution in [0.4, 0.5) is 11.8 Å². The van der Waals surface area contributed by atoms with E-state index in [0.29, 0.717) is 23.8 Å². The van der Waals surface area contributed by atoms with E-state index in [1.165, 1.54) is 0 Å². The minimum Gasteiger partial charge on any atom is -0.383 e. The lowest BCUT2D eigenvalue weighted by atomic mass is 10.2. The van der Waals surface area contributed by atoms with Gasteiger partial charge < -0.3 is 15.8 Å². The van der Waals surface area contributed by atoms with Crippen LogP contribution in [0, 0.1) is 0 Å². The first-order valence-electron chi connectivity index (χ1n) is 7.75. The van der Waals surface area contributed by atoms with Crippen molar-refractivity contribution in [3.05, 3.63) is 24.3 Å². The van der Waals surface area contributed by atoms with Crippen LogP contribution in [0.1, 0.15) is 13.8 Å². The summed E-state index contributed by atoms with van der Waals surface area (Å²) >= 11 is 0. The van der Waals surface area contributed by atoms with Crippen LogP contribution >= 0.6 is 0 Å². The average molecular weight is 301 g/mol. The average Bonchev–Trinajstić information content (AvgIpc) is 2.53. The number of morpholine rings is 1. The predicted octanol–water partition coefficient (Wildman–Crippen LogP) is 1.73. The van der Waals surface area contributed by atoms with Crippen molar-refractivity contribution in [2.24, 2.45) is 0 Å². The molecule has 0 saturated carbocycles. The minimum atomic E-state index is 0.384. The SMILES string of the molecule is C[C@@H](CNc1nc(N)c2ccccc2n1)N1CCOC[C@@H]1C. The predicted molar refractivity (Wildman–Crippen MR) is 88.9 cm³/mol. The van der Waals surface area contributed by atoms with Crippen molar-refractivity contribution in [1.82, 2.24) is 14.9 Å². The fourth-order valence-electron chi connectivity index (χ4n) is 2.93. The Hall–Kier alpha value is -1.92. The summed E-state index contributed by atoms with van der Waals surface area (Å²) < 4.78 is 5.49. The summed E-state index contributed by atoms with van der Waals surface area (Å²) in [5.41, 5.74) is 6.88. The molecule has 0 spiro atoms. The zero-order valence-corrected chi connectivity index (χ0v) is 13.1. The van der Waals surface area contributed by atoms with Gasteiger partial charge in [0, 0.05) is 30.6 Å². The van der Waals surface area contributed by atoms with E-state index in [-0.39, 0.29) is 0 Å². The topological polar surface area (TPSA) is 76.3 Å². The van der Waals surface area contributed by atoms with Gasteiger partial charge in [-0.15, -0.1) is 0 Å². The molecule has 1 aromatic heterocycles. The highest BCUT2D eigenvalue weighted by molar-refractivity contribution is 5.88. The Kier molecular flexibility index (Phi) is 4.40. The highest BCUT2D eigenvalue weighted by Gasteiger charge is 2.23. The van der Waals surface area contributed by atoms with Gasteiger partial charge in [-0.3, -0.25) is 4.90 Å². The molecule has 0 aliphatic carbocycles. The van der Waals surface area contributed by atoms with Crippen molar-refractivity contribution < 1.29 is 4.74 Å². The number of para-hydroxylation sites is 1. The van der Waals surface area contributed by atoms with Crippen LogP contribution in [-0.2, 0) is 4.74 Å². The quantitative estimate of drug-likeness (QED) is 0.896. The Labute approximate surface area is 130 Å². The number of nitrogens with two attached hydrogens (primary N) is 1. The zero-order chi connectivity index (χ0) is 15.5. The lowest BCUT2D eigenvalue weighted by molar-refractivity contribution is -0.0159. The molecule has 0 unspecified atom stereocenters. The molecule has 1 aromatic carbocycles. The fraction of sp³-hybridized carbons (Fsp3) is 0.500. The second-order valence-electron chi connectivity index (χ2n) is 5.84. The van der Waals surface area contributed by atoms with Crippen LogP contribution in [-0.4, -0.2) is 53.3 Å². The van der Waals surface area contributed by atoms with E-state index < -0.39 is 0 Å². The van der Waals surface area contributed by atoms with Gasteiger partial charge in [-0.1, -0.05) is 12.1 Å². The summed E-state index contributed by atoms with van der Waals surface area (Å²) in [6.07, 6.45) is 0. The maximum Gasteiger partial charge on any atom is 0.225 e. The molecule has 0 radical (unpaired) electrons. The highest BCUT2D eigenvalue weighted by atomic mass is 16.5. The van der Waals surface area contributed by atoms with Gasteiger partial charge in [0.15, 0.2) is 0 Å². The normalized spacial score (nSPS) is 20.9. The number of anilines is 2. The Morgan fingerprint density at radius 2 is 2.23 bits per heavy atom. The van der Waals surface area contributed by atoms with Crippen molar-refractivity contribution in [1.29, 1.82) is 0 Å². The third-order valence-corrected chi connectivity index (χ3v) is 4.17. The maximum atomic E-state index is 6.01. The minimum absolute atomic E-state index is 0.384. The molecule has 2 heterocycles. The molecule has 2 atom stereocenters.